The van der Waals surface area contributed by atoms with Crippen molar-refractivity contribution < 1.29 is 9.22 Å². The van der Waals surface area contributed by atoms with Crippen LogP contribution in [-0.2, 0) is 9.22 Å². The van der Waals surface area contributed by atoms with Gasteiger partial charge in [0.05, 0.1) is 6.61 Å². The Morgan fingerprint density at radius 3 is 2.19 bits per heavy atom. The lowest BCUT2D eigenvalue weighted by Gasteiger charge is -2.29. The first-order valence-corrected chi connectivity index (χ1v) is 8.59. The van der Waals surface area contributed by atoms with Crippen molar-refractivity contribution in [2.45, 2.75) is 38.9 Å². The van der Waals surface area contributed by atoms with E-state index in [1.807, 2.05) is 0 Å². The van der Waals surface area contributed by atoms with Gasteiger partial charge in [0.25, 0.3) is 0 Å². The van der Waals surface area contributed by atoms with E-state index in [1.165, 1.54) is 6.08 Å². The number of rotatable bonds is 8. The Morgan fingerprint density at radius 2 is 1.81 bits per heavy atom. The van der Waals surface area contributed by atoms with E-state index in [4.69, 9.17) is 4.43 Å². The highest BCUT2D eigenvalue weighted by Crippen LogP contribution is 2.21. The topological polar surface area (TPSA) is 29.5 Å². The summed E-state index contributed by atoms with van der Waals surface area (Å²) in [4.78, 5) is 12.9. The van der Waals surface area contributed by atoms with Gasteiger partial charge < -0.3 is 9.33 Å². The lowest BCUT2D eigenvalue weighted by molar-refractivity contribution is -0.125. The lowest BCUT2D eigenvalue weighted by atomic mass is 10.5. The molecule has 94 valence electrons. The molecule has 0 fully saturated rings. The van der Waals surface area contributed by atoms with Crippen LogP contribution in [0.4, 0.5) is 0 Å². The summed E-state index contributed by atoms with van der Waals surface area (Å²) in [7, 11) is 0.285. The second kappa shape index (κ2) is 7.63. The predicted molar refractivity (Wildman–Crippen MR) is 71.0 cm³/mol. The highest BCUT2D eigenvalue weighted by molar-refractivity contribution is 6.73. The van der Waals surface area contributed by atoms with Crippen molar-refractivity contribution in [1.82, 2.24) is 4.90 Å². The molecule has 0 aromatic heterocycles. The van der Waals surface area contributed by atoms with Gasteiger partial charge in [-0.15, -0.1) is 0 Å². The van der Waals surface area contributed by atoms with Crippen LogP contribution in [0.3, 0.4) is 0 Å². The van der Waals surface area contributed by atoms with E-state index in [0.29, 0.717) is 13.2 Å². The van der Waals surface area contributed by atoms with Crippen LogP contribution < -0.4 is 0 Å². The average molecular weight is 243 g/mol. The Bertz CT molecular complexity index is 219. The Balaban J connectivity index is 4.04. The fraction of sp³-hybridized carbons (Fsp3) is 0.750. The minimum absolute atomic E-state index is 0.0413. The van der Waals surface area contributed by atoms with Crippen LogP contribution in [0.25, 0.3) is 0 Å². The Kier molecular flexibility index (Phi) is 7.33. The fourth-order valence-corrected chi connectivity index (χ4v) is 4.36. The molecular weight excluding hydrogens is 218 g/mol. The summed E-state index contributed by atoms with van der Waals surface area (Å²) in [5.41, 5.74) is 0. The Morgan fingerprint density at radius 1 is 1.31 bits per heavy atom. The molecule has 0 saturated carbocycles. The third-order valence-corrected chi connectivity index (χ3v) is 8.00. The molecule has 0 spiro atoms. The van der Waals surface area contributed by atoms with Crippen molar-refractivity contribution in [3.63, 3.8) is 0 Å². The van der Waals surface area contributed by atoms with Crippen molar-refractivity contribution in [2.75, 3.05) is 20.2 Å². The standard InChI is InChI=1S/C12H25NO2Si/c1-6-12(14)13(5)10-11-15-16(7-2,8-3)9-4/h6H,1,7-11H2,2-5H3. The third kappa shape index (κ3) is 4.49. The second-order valence-corrected chi connectivity index (χ2v) is 8.83. The number of likely N-dealkylation sites (N-methyl/N-ethyl adjacent to an activating group) is 1. The SMILES string of the molecule is C=CC(=O)N(C)CCO[Si](CC)(CC)CC. The summed E-state index contributed by atoms with van der Waals surface area (Å²) in [5.74, 6) is -0.0413. The third-order valence-electron chi connectivity index (χ3n) is 3.32. The second-order valence-electron chi connectivity index (χ2n) is 4.06. The molecule has 4 heteroatoms. The van der Waals surface area contributed by atoms with Gasteiger partial charge in [0, 0.05) is 13.6 Å². The summed E-state index contributed by atoms with van der Waals surface area (Å²) in [5, 5.41) is 0. The highest BCUT2D eigenvalue weighted by Gasteiger charge is 2.28. The van der Waals surface area contributed by atoms with E-state index >= 15 is 0 Å². The van der Waals surface area contributed by atoms with Crippen molar-refractivity contribution in [2.24, 2.45) is 0 Å². The van der Waals surface area contributed by atoms with Gasteiger partial charge in [-0.25, -0.2) is 0 Å². The Hall–Kier alpha value is -0.613. The summed E-state index contributed by atoms with van der Waals surface area (Å²) >= 11 is 0. The molecule has 0 unspecified atom stereocenters. The normalized spacial score (nSPS) is 11.2. The summed E-state index contributed by atoms with van der Waals surface area (Å²) in [6.07, 6.45) is 1.34. The molecule has 0 atom stereocenters. The molecule has 0 saturated heterocycles. The molecule has 0 rings (SSSR count). The first-order valence-electron chi connectivity index (χ1n) is 6.06. The zero-order valence-corrected chi connectivity index (χ0v) is 12.1. The van der Waals surface area contributed by atoms with E-state index in [0.717, 1.165) is 18.1 Å². The van der Waals surface area contributed by atoms with E-state index in [2.05, 4.69) is 27.4 Å². The number of hydrogen-bond donors (Lipinski definition) is 0. The lowest BCUT2D eigenvalue weighted by Crippen LogP contribution is -2.39. The molecule has 0 bridgehead atoms. The first-order chi connectivity index (χ1) is 7.55. The summed E-state index contributed by atoms with van der Waals surface area (Å²) < 4.78 is 6.05. The summed E-state index contributed by atoms with van der Waals surface area (Å²) in [6, 6.07) is 3.46. The number of hydrogen-bond acceptors (Lipinski definition) is 2. The molecular formula is C12H25NO2Si. The van der Waals surface area contributed by atoms with Crippen LogP contribution in [-0.4, -0.2) is 39.3 Å². The van der Waals surface area contributed by atoms with Gasteiger partial charge in [-0.2, -0.15) is 0 Å². The van der Waals surface area contributed by atoms with Gasteiger partial charge in [-0.1, -0.05) is 27.4 Å². The molecule has 0 heterocycles. The molecule has 0 radical (unpaired) electrons. The van der Waals surface area contributed by atoms with Gasteiger partial charge in [0.15, 0.2) is 8.32 Å². The van der Waals surface area contributed by atoms with Crippen LogP contribution in [0.2, 0.25) is 18.1 Å². The molecule has 0 aromatic carbocycles. The highest BCUT2D eigenvalue weighted by atomic mass is 28.4. The summed E-state index contributed by atoms with van der Waals surface area (Å²) in [6.45, 7) is 11.4. The van der Waals surface area contributed by atoms with Crippen molar-refractivity contribution >= 4 is 14.2 Å². The number of carbonyl (C=O) groups excluding carboxylic acids is 1. The van der Waals surface area contributed by atoms with E-state index < -0.39 is 8.32 Å². The van der Waals surface area contributed by atoms with Crippen molar-refractivity contribution in [1.29, 1.82) is 0 Å². The zero-order chi connectivity index (χ0) is 12.6. The number of carbonyl (C=O) groups is 1. The smallest absolute Gasteiger partial charge is 0.245 e. The van der Waals surface area contributed by atoms with Gasteiger partial charge in [-0.3, -0.25) is 4.79 Å². The van der Waals surface area contributed by atoms with Crippen molar-refractivity contribution in [3.8, 4) is 0 Å². The first kappa shape index (κ1) is 15.4. The predicted octanol–water partition coefficient (Wildman–Crippen LogP) is 2.65. The van der Waals surface area contributed by atoms with Crippen molar-refractivity contribution in [3.05, 3.63) is 12.7 Å². The molecule has 1 amide bonds. The van der Waals surface area contributed by atoms with Crippen LogP contribution in [0.5, 0.6) is 0 Å². The molecule has 0 aliphatic rings. The Labute approximate surface area is 101 Å². The van der Waals surface area contributed by atoms with E-state index in [1.54, 1.807) is 11.9 Å². The maximum Gasteiger partial charge on any atom is 0.245 e. The zero-order valence-electron chi connectivity index (χ0n) is 11.1. The molecule has 3 nitrogen and oxygen atoms in total. The number of amides is 1. The monoisotopic (exact) mass is 243 g/mol. The average Bonchev–Trinajstić information content (AvgIpc) is 2.34. The van der Waals surface area contributed by atoms with Crippen LogP contribution >= 0.6 is 0 Å². The largest absolute Gasteiger partial charge is 0.415 e. The minimum atomic E-state index is -1.49. The quantitative estimate of drug-likeness (QED) is 0.484. The van der Waals surface area contributed by atoms with Gasteiger partial charge in [0.1, 0.15) is 0 Å². The van der Waals surface area contributed by atoms with Crippen LogP contribution in [0.15, 0.2) is 12.7 Å². The van der Waals surface area contributed by atoms with Crippen LogP contribution in [0.1, 0.15) is 20.8 Å². The van der Waals surface area contributed by atoms with Gasteiger partial charge in [0.2, 0.25) is 5.91 Å². The molecule has 0 N–H and O–H groups in total. The maximum atomic E-state index is 11.2. The molecule has 0 aliphatic heterocycles. The molecule has 16 heavy (non-hydrogen) atoms. The number of nitrogens with zero attached hydrogens (tertiary/aromatic N) is 1. The van der Waals surface area contributed by atoms with E-state index in [9.17, 15) is 4.79 Å². The van der Waals surface area contributed by atoms with Gasteiger partial charge >= 0.3 is 0 Å². The van der Waals surface area contributed by atoms with Gasteiger partial charge in [-0.05, 0) is 24.2 Å². The molecule has 0 aliphatic carbocycles. The molecule has 0 aromatic rings. The fourth-order valence-electron chi connectivity index (χ4n) is 1.72. The van der Waals surface area contributed by atoms with Crippen LogP contribution in [0, 0.1) is 0 Å². The van der Waals surface area contributed by atoms with E-state index in [-0.39, 0.29) is 5.91 Å². The minimum Gasteiger partial charge on any atom is -0.415 e. The maximum absolute atomic E-state index is 11.2.